The van der Waals surface area contributed by atoms with Gasteiger partial charge in [0.15, 0.2) is 0 Å². The second-order valence-electron chi connectivity index (χ2n) is 6.43. The third-order valence-corrected chi connectivity index (χ3v) is 4.89. The molecule has 0 radical (unpaired) electrons. The molecule has 1 aromatic carbocycles. The van der Waals surface area contributed by atoms with E-state index >= 15 is 0 Å². The van der Waals surface area contributed by atoms with Crippen molar-refractivity contribution >= 4 is 11.8 Å². The van der Waals surface area contributed by atoms with Crippen molar-refractivity contribution in [3.8, 4) is 0 Å². The van der Waals surface area contributed by atoms with Gasteiger partial charge in [-0.15, -0.1) is 0 Å². The van der Waals surface area contributed by atoms with E-state index < -0.39 is 0 Å². The van der Waals surface area contributed by atoms with Gasteiger partial charge in [0, 0.05) is 12.3 Å². The molecule has 1 unspecified atom stereocenters. The topological polar surface area (TPSA) is 46.2 Å². The van der Waals surface area contributed by atoms with Crippen LogP contribution in [0.3, 0.4) is 0 Å². The summed E-state index contributed by atoms with van der Waals surface area (Å²) in [7, 11) is 0. The zero-order chi connectivity index (χ0) is 14.7. The smallest absolute Gasteiger partial charge is 0.230 e. The Morgan fingerprint density at radius 3 is 2.33 bits per heavy atom. The first-order valence-electron chi connectivity index (χ1n) is 8.15. The maximum atomic E-state index is 11.8. The average molecular weight is 285 g/mol. The highest BCUT2D eigenvalue weighted by atomic mass is 16.2. The molecule has 21 heavy (non-hydrogen) atoms. The van der Waals surface area contributed by atoms with Gasteiger partial charge in [0.1, 0.15) is 0 Å². The maximum Gasteiger partial charge on any atom is 0.230 e. The average Bonchev–Trinajstić information content (AvgIpc) is 2.52. The molecule has 112 valence electrons. The van der Waals surface area contributed by atoms with Gasteiger partial charge in [-0.3, -0.25) is 14.9 Å². The zero-order valence-electron chi connectivity index (χ0n) is 12.4. The maximum absolute atomic E-state index is 11.8. The monoisotopic (exact) mass is 285 g/mol. The molecule has 2 amide bonds. The zero-order valence-corrected chi connectivity index (χ0v) is 12.4. The lowest BCUT2D eigenvalue weighted by Gasteiger charge is -2.23. The first kappa shape index (κ1) is 14.3. The molecular weight excluding hydrogens is 262 g/mol. The number of hydrogen-bond donors (Lipinski definition) is 1. The van der Waals surface area contributed by atoms with E-state index in [0.717, 1.165) is 12.3 Å². The Hall–Kier alpha value is -1.64. The third kappa shape index (κ3) is 3.52. The molecule has 1 aliphatic heterocycles. The van der Waals surface area contributed by atoms with Crippen LogP contribution in [-0.2, 0) is 16.0 Å². The van der Waals surface area contributed by atoms with E-state index in [0.29, 0.717) is 12.8 Å². The second-order valence-corrected chi connectivity index (χ2v) is 6.43. The van der Waals surface area contributed by atoms with Crippen LogP contribution < -0.4 is 5.32 Å². The van der Waals surface area contributed by atoms with Crippen molar-refractivity contribution in [2.24, 2.45) is 5.92 Å². The van der Waals surface area contributed by atoms with Gasteiger partial charge in [-0.1, -0.05) is 43.5 Å². The van der Waals surface area contributed by atoms with Crippen LogP contribution in [0.15, 0.2) is 24.3 Å². The van der Waals surface area contributed by atoms with Gasteiger partial charge in [-0.05, 0) is 42.7 Å². The molecule has 1 aliphatic carbocycles. The normalized spacial score (nSPS) is 23.9. The van der Waals surface area contributed by atoms with Gasteiger partial charge in [0.2, 0.25) is 11.8 Å². The van der Waals surface area contributed by atoms with Crippen molar-refractivity contribution in [3.63, 3.8) is 0 Å². The largest absolute Gasteiger partial charge is 0.296 e. The Kier molecular flexibility index (Phi) is 4.37. The Morgan fingerprint density at radius 2 is 1.67 bits per heavy atom. The third-order valence-electron chi connectivity index (χ3n) is 4.89. The second kappa shape index (κ2) is 6.42. The summed E-state index contributed by atoms with van der Waals surface area (Å²) in [5, 5.41) is 2.43. The van der Waals surface area contributed by atoms with Crippen LogP contribution in [0, 0.1) is 5.92 Å². The van der Waals surface area contributed by atoms with Gasteiger partial charge in [-0.25, -0.2) is 0 Å². The van der Waals surface area contributed by atoms with Crippen molar-refractivity contribution in [2.75, 3.05) is 0 Å². The van der Waals surface area contributed by atoms with E-state index in [1.54, 1.807) is 0 Å². The molecule has 3 nitrogen and oxygen atoms in total. The van der Waals surface area contributed by atoms with Gasteiger partial charge in [0.25, 0.3) is 0 Å². The number of carbonyl (C=O) groups excluding carboxylic acids is 2. The van der Waals surface area contributed by atoms with E-state index in [2.05, 4.69) is 29.6 Å². The van der Waals surface area contributed by atoms with Gasteiger partial charge in [0.05, 0.1) is 0 Å². The highest BCUT2D eigenvalue weighted by molar-refractivity contribution is 5.98. The summed E-state index contributed by atoms with van der Waals surface area (Å²) in [6.45, 7) is 0. The standard InChI is InChI=1S/C18H23NO2/c20-17-11-10-16(18(21)19-17)12-13-6-8-15(9-7-13)14-4-2-1-3-5-14/h6-9,14,16H,1-5,10-12H2,(H,19,20,21). The molecule has 3 heteroatoms. The number of rotatable bonds is 3. The van der Waals surface area contributed by atoms with Crippen LogP contribution in [-0.4, -0.2) is 11.8 Å². The Bertz CT molecular complexity index is 515. The lowest BCUT2D eigenvalue weighted by atomic mass is 9.83. The molecule has 1 heterocycles. The fourth-order valence-electron chi connectivity index (χ4n) is 3.58. The Morgan fingerprint density at radius 1 is 0.952 bits per heavy atom. The van der Waals surface area contributed by atoms with Crippen LogP contribution in [0.25, 0.3) is 0 Å². The predicted molar refractivity (Wildman–Crippen MR) is 81.8 cm³/mol. The summed E-state index contributed by atoms with van der Waals surface area (Å²) in [6.07, 6.45) is 8.59. The van der Waals surface area contributed by atoms with Crippen molar-refractivity contribution in [2.45, 2.75) is 57.3 Å². The van der Waals surface area contributed by atoms with Crippen LogP contribution in [0.2, 0.25) is 0 Å². The van der Waals surface area contributed by atoms with Gasteiger partial charge in [-0.2, -0.15) is 0 Å². The number of imide groups is 1. The number of carbonyl (C=O) groups is 2. The minimum Gasteiger partial charge on any atom is -0.296 e. The molecular formula is C18H23NO2. The highest BCUT2D eigenvalue weighted by Crippen LogP contribution is 2.32. The van der Waals surface area contributed by atoms with Crippen LogP contribution >= 0.6 is 0 Å². The van der Waals surface area contributed by atoms with E-state index in [9.17, 15) is 9.59 Å². The number of piperidine rings is 1. The molecule has 1 atom stereocenters. The summed E-state index contributed by atoms with van der Waals surface area (Å²) in [5.74, 6) is 0.429. The lowest BCUT2D eigenvalue weighted by Crippen LogP contribution is -2.41. The van der Waals surface area contributed by atoms with Gasteiger partial charge >= 0.3 is 0 Å². The summed E-state index contributed by atoms with van der Waals surface area (Å²) in [5.41, 5.74) is 2.64. The molecule has 2 aliphatic rings. The number of nitrogens with one attached hydrogen (secondary N) is 1. The van der Waals surface area contributed by atoms with Crippen molar-refractivity contribution in [1.29, 1.82) is 0 Å². The van der Waals surface area contributed by atoms with E-state index in [-0.39, 0.29) is 17.7 Å². The molecule has 2 fully saturated rings. The molecule has 1 aromatic rings. The van der Waals surface area contributed by atoms with Crippen molar-refractivity contribution in [3.05, 3.63) is 35.4 Å². The number of benzene rings is 1. The molecule has 3 rings (SSSR count). The lowest BCUT2D eigenvalue weighted by molar-refractivity contribution is -0.136. The number of amides is 2. The summed E-state index contributed by atoms with van der Waals surface area (Å²) < 4.78 is 0. The fourth-order valence-corrected chi connectivity index (χ4v) is 3.58. The van der Waals surface area contributed by atoms with Gasteiger partial charge < -0.3 is 0 Å². The minimum absolute atomic E-state index is 0.0526. The Balaban J connectivity index is 1.61. The molecule has 1 saturated heterocycles. The van der Waals surface area contributed by atoms with Crippen LogP contribution in [0.1, 0.15) is 62.0 Å². The van der Waals surface area contributed by atoms with E-state index in [1.807, 2.05) is 0 Å². The molecule has 1 N–H and O–H groups in total. The fraction of sp³-hybridized carbons (Fsp3) is 0.556. The highest BCUT2D eigenvalue weighted by Gasteiger charge is 2.26. The number of hydrogen-bond acceptors (Lipinski definition) is 2. The molecule has 0 aromatic heterocycles. The minimum atomic E-state index is -0.135. The quantitative estimate of drug-likeness (QED) is 0.866. The predicted octanol–water partition coefficient (Wildman–Crippen LogP) is 3.33. The molecule has 0 bridgehead atoms. The van der Waals surface area contributed by atoms with Crippen molar-refractivity contribution < 1.29 is 9.59 Å². The SMILES string of the molecule is O=C1CCC(Cc2ccc(C3CCCCC3)cc2)C(=O)N1. The van der Waals surface area contributed by atoms with E-state index in [4.69, 9.17) is 0 Å². The first-order chi connectivity index (χ1) is 10.2. The van der Waals surface area contributed by atoms with Crippen LogP contribution in [0.4, 0.5) is 0 Å². The van der Waals surface area contributed by atoms with E-state index in [1.165, 1.54) is 43.2 Å². The Labute approximate surface area is 126 Å². The van der Waals surface area contributed by atoms with Crippen molar-refractivity contribution in [1.82, 2.24) is 5.32 Å². The summed E-state index contributed by atoms with van der Waals surface area (Å²) in [6, 6.07) is 8.79. The first-order valence-corrected chi connectivity index (χ1v) is 8.15. The molecule has 0 spiro atoms. The van der Waals surface area contributed by atoms with Crippen LogP contribution in [0.5, 0.6) is 0 Å². The summed E-state index contributed by atoms with van der Waals surface area (Å²) in [4.78, 5) is 23.0. The summed E-state index contributed by atoms with van der Waals surface area (Å²) >= 11 is 0. The molecule has 1 saturated carbocycles.